The molecule has 1 unspecified atom stereocenters. The van der Waals surface area contributed by atoms with E-state index in [1.807, 2.05) is 0 Å². The highest BCUT2D eigenvalue weighted by Crippen LogP contribution is 2.31. The first-order chi connectivity index (χ1) is 14.1. The fourth-order valence-corrected chi connectivity index (χ4v) is 5.16. The van der Waals surface area contributed by atoms with Crippen molar-refractivity contribution in [2.24, 2.45) is 0 Å². The van der Waals surface area contributed by atoms with Gasteiger partial charge in [-0.1, -0.05) is 29.0 Å². The molecule has 1 amide bonds. The van der Waals surface area contributed by atoms with E-state index in [0.29, 0.717) is 29.4 Å². The number of halogens is 1. The van der Waals surface area contributed by atoms with Crippen LogP contribution in [-0.2, 0) is 9.53 Å². The minimum Gasteiger partial charge on any atom is -0.376 e. The Kier molecular flexibility index (Phi) is 6.47. The van der Waals surface area contributed by atoms with Gasteiger partial charge < -0.3 is 4.74 Å². The predicted molar refractivity (Wildman–Crippen MR) is 117 cm³/mol. The molecule has 3 aromatic rings. The summed E-state index contributed by atoms with van der Waals surface area (Å²) in [6.07, 6.45) is 2.41. The fraction of sp³-hybridized carbons (Fsp3) is 0.364. The third-order valence-electron chi connectivity index (χ3n) is 4.89. The van der Waals surface area contributed by atoms with Gasteiger partial charge in [-0.2, -0.15) is 0 Å². The second-order valence-corrected chi connectivity index (χ2v) is 9.34. The molecule has 1 fully saturated rings. The van der Waals surface area contributed by atoms with Crippen LogP contribution in [0.25, 0.3) is 10.2 Å². The van der Waals surface area contributed by atoms with Crippen molar-refractivity contribution in [2.75, 3.05) is 23.8 Å². The van der Waals surface area contributed by atoms with E-state index in [-0.39, 0.29) is 17.8 Å². The summed E-state index contributed by atoms with van der Waals surface area (Å²) in [5, 5.41) is 0.617. The number of anilines is 1. The molecule has 0 spiro atoms. The average Bonchev–Trinajstić information content (AvgIpc) is 3.36. The van der Waals surface area contributed by atoms with Crippen LogP contribution in [0.5, 0.6) is 0 Å². The maximum atomic E-state index is 13.6. The summed E-state index contributed by atoms with van der Waals surface area (Å²) in [6, 6.07) is 12.8. The van der Waals surface area contributed by atoms with Gasteiger partial charge in [0.1, 0.15) is 5.82 Å². The van der Waals surface area contributed by atoms with Crippen molar-refractivity contribution in [1.29, 1.82) is 0 Å². The Balaban J connectivity index is 1.47. The quantitative estimate of drug-likeness (QED) is 0.468. The topological polar surface area (TPSA) is 42.4 Å². The largest absolute Gasteiger partial charge is 0.376 e. The van der Waals surface area contributed by atoms with Crippen molar-refractivity contribution >= 4 is 44.4 Å². The van der Waals surface area contributed by atoms with Crippen LogP contribution >= 0.6 is 23.1 Å². The lowest BCUT2D eigenvalue weighted by Crippen LogP contribution is -2.37. The van der Waals surface area contributed by atoms with Crippen LogP contribution in [-0.4, -0.2) is 35.9 Å². The van der Waals surface area contributed by atoms with Crippen LogP contribution in [0.4, 0.5) is 9.52 Å². The highest BCUT2D eigenvalue weighted by molar-refractivity contribution is 7.99. The second kappa shape index (κ2) is 9.24. The Hall–Kier alpha value is -1.96. The lowest BCUT2D eigenvalue weighted by Gasteiger charge is -2.23. The SMILES string of the molecule is Cc1ccc(SCCC(=O)N(CC2CCCO2)c2nc3ccc(F)cc3s2)cc1. The van der Waals surface area contributed by atoms with Gasteiger partial charge in [0, 0.05) is 23.7 Å². The molecule has 4 nitrogen and oxygen atoms in total. The first-order valence-corrected chi connectivity index (χ1v) is 11.6. The highest BCUT2D eigenvalue weighted by Gasteiger charge is 2.26. The van der Waals surface area contributed by atoms with Crippen LogP contribution in [0.2, 0.25) is 0 Å². The van der Waals surface area contributed by atoms with E-state index in [0.717, 1.165) is 29.0 Å². The maximum absolute atomic E-state index is 13.6. The Labute approximate surface area is 178 Å². The summed E-state index contributed by atoms with van der Waals surface area (Å²) in [5.41, 5.74) is 1.94. The Morgan fingerprint density at radius 3 is 2.90 bits per heavy atom. The molecule has 1 aliphatic heterocycles. The summed E-state index contributed by atoms with van der Waals surface area (Å²) >= 11 is 3.03. The zero-order chi connectivity index (χ0) is 20.2. The lowest BCUT2D eigenvalue weighted by molar-refractivity contribution is -0.118. The van der Waals surface area contributed by atoms with E-state index in [2.05, 4.69) is 36.2 Å². The number of aromatic nitrogens is 1. The van der Waals surface area contributed by atoms with Gasteiger partial charge in [-0.3, -0.25) is 9.69 Å². The van der Waals surface area contributed by atoms with Crippen LogP contribution in [0.3, 0.4) is 0 Å². The summed E-state index contributed by atoms with van der Waals surface area (Å²) in [6.45, 7) is 3.29. The van der Waals surface area contributed by atoms with Crippen LogP contribution < -0.4 is 4.90 Å². The third-order valence-corrected chi connectivity index (χ3v) is 6.94. The molecule has 29 heavy (non-hydrogen) atoms. The zero-order valence-corrected chi connectivity index (χ0v) is 17.9. The van der Waals surface area contributed by atoms with Crippen LogP contribution in [0.15, 0.2) is 47.4 Å². The number of nitrogens with zero attached hydrogens (tertiary/aromatic N) is 2. The van der Waals surface area contributed by atoms with Gasteiger partial charge in [0.2, 0.25) is 5.91 Å². The smallest absolute Gasteiger partial charge is 0.229 e. The minimum atomic E-state index is -0.292. The van der Waals surface area contributed by atoms with E-state index < -0.39 is 0 Å². The van der Waals surface area contributed by atoms with Gasteiger partial charge >= 0.3 is 0 Å². The molecule has 1 aromatic heterocycles. The zero-order valence-electron chi connectivity index (χ0n) is 16.3. The molecule has 2 heterocycles. The number of benzene rings is 2. The molecular weight excluding hydrogens is 407 g/mol. The first kappa shape index (κ1) is 20.3. The number of hydrogen-bond donors (Lipinski definition) is 0. The average molecular weight is 431 g/mol. The third kappa shape index (κ3) is 5.15. The number of aryl methyl sites for hydroxylation is 1. The van der Waals surface area contributed by atoms with Crippen LogP contribution in [0, 0.1) is 12.7 Å². The maximum Gasteiger partial charge on any atom is 0.229 e. The molecule has 1 aliphatic rings. The lowest BCUT2D eigenvalue weighted by atomic mass is 10.2. The Bertz CT molecular complexity index is 984. The molecule has 0 bridgehead atoms. The molecule has 1 atom stereocenters. The van der Waals surface area contributed by atoms with Gasteiger partial charge in [-0.05, 0) is 50.1 Å². The standard InChI is InChI=1S/C22H23FN2O2S2/c1-15-4-7-18(8-5-15)28-12-10-21(26)25(14-17-3-2-11-27-17)22-24-19-9-6-16(23)13-20(19)29-22/h4-9,13,17H,2-3,10-12,14H2,1H3. The number of thioether (sulfide) groups is 1. The summed E-state index contributed by atoms with van der Waals surface area (Å²) in [4.78, 5) is 20.5. The van der Waals surface area contributed by atoms with Gasteiger partial charge in [0.15, 0.2) is 5.13 Å². The van der Waals surface area contributed by atoms with Crippen molar-refractivity contribution in [3.05, 3.63) is 53.8 Å². The highest BCUT2D eigenvalue weighted by atomic mass is 32.2. The number of hydrogen-bond acceptors (Lipinski definition) is 5. The van der Waals surface area contributed by atoms with Gasteiger partial charge in [0.25, 0.3) is 0 Å². The number of carbonyl (C=O) groups excluding carboxylic acids is 1. The Morgan fingerprint density at radius 1 is 1.31 bits per heavy atom. The summed E-state index contributed by atoms with van der Waals surface area (Å²) in [5.74, 6) is 0.433. The molecule has 0 aliphatic carbocycles. The van der Waals surface area contributed by atoms with E-state index >= 15 is 0 Å². The minimum absolute atomic E-state index is 0.0274. The molecule has 152 valence electrons. The molecule has 2 aromatic carbocycles. The van der Waals surface area contributed by atoms with Crippen molar-refractivity contribution in [1.82, 2.24) is 4.98 Å². The van der Waals surface area contributed by atoms with Crippen molar-refractivity contribution in [3.63, 3.8) is 0 Å². The molecular formula is C22H23FN2O2S2. The Morgan fingerprint density at radius 2 is 2.14 bits per heavy atom. The predicted octanol–water partition coefficient (Wildman–Crippen LogP) is 5.44. The van der Waals surface area contributed by atoms with Gasteiger partial charge in [-0.25, -0.2) is 9.37 Å². The number of ether oxygens (including phenoxy) is 1. The van der Waals surface area contributed by atoms with E-state index in [1.54, 1.807) is 22.7 Å². The molecule has 0 radical (unpaired) electrons. The normalized spacial score (nSPS) is 16.4. The van der Waals surface area contributed by atoms with Gasteiger partial charge in [-0.15, -0.1) is 11.8 Å². The number of carbonyl (C=O) groups is 1. The monoisotopic (exact) mass is 430 g/mol. The molecule has 4 rings (SSSR count). The van der Waals surface area contributed by atoms with Crippen molar-refractivity contribution < 1.29 is 13.9 Å². The number of amides is 1. The molecule has 0 saturated carbocycles. The van der Waals surface area contributed by atoms with Crippen molar-refractivity contribution in [3.8, 4) is 0 Å². The fourth-order valence-electron chi connectivity index (χ4n) is 3.31. The van der Waals surface area contributed by atoms with Crippen LogP contribution in [0.1, 0.15) is 24.8 Å². The van der Waals surface area contributed by atoms with Crippen molar-refractivity contribution in [2.45, 2.75) is 37.2 Å². The van der Waals surface area contributed by atoms with E-state index in [4.69, 9.17) is 4.74 Å². The van der Waals surface area contributed by atoms with Gasteiger partial charge in [0.05, 0.1) is 22.9 Å². The number of thiazole rings is 1. The molecule has 1 saturated heterocycles. The number of fused-ring (bicyclic) bond motifs is 1. The molecule has 0 N–H and O–H groups in total. The number of rotatable bonds is 7. The first-order valence-electron chi connectivity index (χ1n) is 9.76. The van der Waals surface area contributed by atoms with E-state index in [1.165, 1.54) is 29.0 Å². The van der Waals surface area contributed by atoms with E-state index in [9.17, 15) is 9.18 Å². The summed E-state index contributed by atoms with van der Waals surface area (Å²) in [7, 11) is 0. The molecule has 7 heteroatoms. The summed E-state index contributed by atoms with van der Waals surface area (Å²) < 4.78 is 20.1. The second-order valence-electron chi connectivity index (χ2n) is 7.16.